The van der Waals surface area contributed by atoms with E-state index in [9.17, 15) is 9.90 Å². The van der Waals surface area contributed by atoms with E-state index in [0.717, 1.165) is 37.6 Å². The summed E-state index contributed by atoms with van der Waals surface area (Å²) in [5.41, 5.74) is 3.61. The van der Waals surface area contributed by atoms with Crippen molar-refractivity contribution in [1.82, 2.24) is 15.6 Å². The number of anilines is 2. The molecule has 2 fully saturated rings. The molecule has 0 saturated carbocycles. The van der Waals surface area contributed by atoms with Crippen molar-refractivity contribution in [3.63, 3.8) is 0 Å². The zero-order valence-electron chi connectivity index (χ0n) is 16.8. The van der Waals surface area contributed by atoms with Crippen LogP contribution in [0.5, 0.6) is 0 Å². The molecule has 1 amide bonds. The molecule has 2 aliphatic rings. The van der Waals surface area contributed by atoms with E-state index in [4.69, 9.17) is 0 Å². The lowest BCUT2D eigenvalue weighted by molar-refractivity contribution is -0.123. The number of aliphatic hydroxyl groups excluding tert-OH is 1. The van der Waals surface area contributed by atoms with Crippen molar-refractivity contribution in [3.8, 4) is 0 Å². The average molecular weight is 396 g/mol. The summed E-state index contributed by atoms with van der Waals surface area (Å²) in [4.78, 5) is 21.7. The van der Waals surface area contributed by atoms with Crippen molar-refractivity contribution < 1.29 is 9.90 Å². The Kier molecular flexibility index (Phi) is 5.97. The van der Waals surface area contributed by atoms with Gasteiger partial charge in [-0.3, -0.25) is 4.79 Å². The van der Waals surface area contributed by atoms with Gasteiger partial charge in [0.25, 0.3) is 0 Å². The van der Waals surface area contributed by atoms with Gasteiger partial charge in [-0.05, 0) is 31.0 Å². The number of β-amino-alcohol motifs (C(OH)–C–C–N with tert-alkyl or cyclic N) is 1. The van der Waals surface area contributed by atoms with Crippen LogP contribution in [0.15, 0.2) is 42.6 Å². The van der Waals surface area contributed by atoms with E-state index in [1.165, 1.54) is 11.3 Å². The normalized spacial score (nSPS) is 22.0. The molecule has 29 heavy (non-hydrogen) atoms. The lowest BCUT2D eigenvalue weighted by atomic mass is 10.1. The fourth-order valence-electron chi connectivity index (χ4n) is 4.15. The van der Waals surface area contributed by atoms with E-state index in [0.29, 0.717) is 19.5 Å². The molecule has 1 aromatic carbocycles. The Bertz CT molecular complexity index is 851. The molecular weight excluding hydrogens is 366 g/mol. The second-order valence-corrected chi connectivity index (χ2v) is 7.81. The van der Waals surface area contributed by atoms with Gasteiger partial charge in [0.05, 0.1) is 12.1 Å². The second-order valence-electron chi connectivity index (χ2n) is 7.81. The Balaban J connectivity index is 1.37. The highest BCUT2D eigenvalue weighted by molar-refractivity contribution is 5.82. The van der Waals surface area contributed by atoms with Crippen LogP contribution >= 0.6 is 0 Å². The molecule has 154 valence electrons. The summed E-state index contributed by atoms with van der Waals surface area (Å²) in [7, 11) is 0. The van der Waals surface area contributed by atoms with Gasteiger partial charge in [0.2, 0.25) is 5.91 Å². The van der Waals surface area contributed by atoms with Crippen LogP contribution in [-0.2, 0) is 11.3 Å². The van der Waals surface area contributed by atoms with Gasteiger partial charge >= 0.3 is 0 Å². The Hall–Kier alpha value is -2.64. The zero-order chi connectivity index (χ0) is 20.2. The predicted molar refractivity (Wildman–Crippen MR) is 114 cm³/mol. The molecule has 4 rings (SSSR count). The lowest BCUT2D eigenvalue weighted by Crippen LogP contribution is -2.47. The van der Waals surface area contributed by atoms with Gasteiger partial charge < -0.3 is 25.5 Å². The van der Waals surface area contributed by atoms with Crippen LogP contribution in [-0.4, -0.2) is 60.9 Å². The maximum atomic E-state index is 12.4. The van der Waals surface area contributed by atoms with Crippen LogP contribution in [0.4, 0.5) is 11.5 Å². The first-order valence-corrected chi connectivity index (χ1v) is 10.3. The SMILES string of the molecule is Cc1ccccc1N1CCN(c2ncccc2CNC(=O)[C@@H]2C[C@@H](O)CN2)CC1. The van der Waals surface area contributed by atoms with E-state index in [1.54, 1.807) is 0 Å². The van der Waals surface area contributed by atoms with Gasteiger partial charge in [0.15, 0.2) is 0 Å². The van der Waals surface area contributed by atoms with Crippen molar-refractivity contribution in [2.75, 3.05) is 42.5 Å². The van der Waals surface area contributed by atoms with Crippen LogP contribution in [0.25, 0.3) is 0 Å². The summed E-state index contributed by atoms with van der Waals surface area (Å²) in [5.74, 6) is 0.873. The number of hydrogen-bond acceptors (Lipinski definition) is 6. The molecule has 2 atom stereocenters. The van der Waals surface area contributed by atoms with Crippen LogP contribution in [0.1, 0.15) is 17.5 Å². The molecule has 3 N–H and O–H groups in total. The number of aromatic nitrogens is 1. The van der Waals surface area contributed by atoms with Gasteiger partial charge in [0, 0.05) is 56.7 Å². The summed E-state index contributed by atoms with van der Waals surface area (Å²) in [6.45, 7) is 6.73. The third-order valence-corrected chi connectivity index (χ3v) is 5.78. The van der Waals surface area contributed by atoms with Crippen LogP contribution in [0, 0.1) is 6.92 Å². The number of amides is 1. The minimum Gasteiger partial charge on any atom is -0.392 e. The summed E-state index contributed by atoms with van der Waals surface area (Å²) >= 11 is 0. The van der Waals surface area contributed by atoms with Gasteiger partial charge in [-0.25, -0.2) is 4.98 Å². The van der Waals surface area contributed by atoms with E-state index >= 15 is 0 Å². The van der Waals surface area contributed by atoms with Crippen molar-refractivity contribution in [1.29, 1.82) is 0 Å². The number of nitrogens with zero attached hydrogens (tertiary/aromatic N) is 3. The zero-order valence-corrected chi connectivity index (χ0v) is 16.8. The third kappa shape index (κ3) is 4.52. The van der Waals surface area contributed by atoms with Gasteiger partial charge in [0.1, 0.15) is 5.82 Å². The number of benzene rings is 1. The maximum absolute atomic E-state index is 12.4. The van der Waals surface area contributed by atoms with Crippen LogP contribution in [0.3, 0.4) is 0 Å². The first kappa shape index (κ1) is 19.7. The van der Waals surface area contributed by atoms with Crippen molar-refractivity contribution in [3.05, 3.63) is 53.7 Å². The number of carbonyl (C=O) groups is 1. The predicted octanol–water partition coefficient (Wildman–Crippen LogP) is 1.06. The minimum absolute atomic E-state index is 0.0688. The fraction of sp³-hybridized carbons (Fsp3) is 0.455. The van der Waals surface area contributed by atoms with Crippen LogP contribution in [0.2, 0.25) is 0 Å². The van der Waals surface area contributed by atoms with E-state index in [-0.39, 0.29) is 11.9 Å². The first-order chi connectivity index (χ1) is 14.1. The first-order valence-electron chi connectivity index (χ1n) is 10.3. The molecule has 2 saturated heterocycles. The number of aliphatic hydroxyl groups is 1. The topological polar surface area (TPSA) is 80.7 Å². The average Bonchev–Trinajstić information content (AvgIpc) is 3.19. The molecule has 0 spiro atoms. The lowest BCUT2D eigenvalue weighted by Gasteiger charge is -2.38. The number of rotatable bonds is 5. The molecule has 7 nitrogen and oxygen atoms in total. The summed E-state index contributed by atoms with van der Waals surface area (Å²) in [5, 5.41) is 15.7. The largest absolute Gasteiger partial charge is 0.392 e. The fourth-order valence-corrected chi connectivity index (χ4v) is 4.15. The molecule has 2 aliphatic heterocycles. The summed E-state index contributed by atoms with van der Waals surface area (Å²) in [6, 6.07) is 12.1. The van der Waals surface area contributed by atoms with E-state index < -0.39 is 6.10 Å². The Morgan fingerprint density at radius 1 is 1.17 bits per heavy atom. The molecule has 7 heteroatoms. The quantitative estimate of drug-likeness (QED) is 0.702. The minimum atomic E-state index is -0.441. The summed E-state index contributed by atoms with van der Waals surface area (Å²) < 4.78 is 0. The van der Waals surface area contributed by atoms with Gasteiger partial charge in [-0.1, -0.05) is 24.3 Å². The molecule has 0 unspecified atom stereocenters. The molecule has 1 aromatic heterocycles. The second kappa shape index (κ2) is 8.80. The number of pyridine rings is 1. The Labute approximate surface area is 171 Å². The smallest absolute Gasteiger partial charge is 0.237 e. The molecule has 0 radical (unpaired) electrons. The molecular formula is C22H29N5O2. The molecule has 3 heterocycles. The number of hydrogen-bond donors (Lipinski definition) is 3. The summed E-state index contributed by atoms with van der Waals surface area (Å²) in [6.07, 6.45) is 1.83. The number of aryl methyl sites for hydroxylation is 1. The highest BCUT2D eigenvalue weighted by Gasteiger charge is 2.28. The number of nitrogens with one attached hydrogen (secondary N) is 2. The highest BCUT2D eigenvalue weighted by Crippen LogP contribution is 2.24. The van der Waals surface area contributed by atoms with Crippen LogP contribution < -0.4 is 20.4 Å². The molecule has 0 aliphatic carbocycles. The monoisotopic (exact) mass is 395 g/mol. The third-order valence-electron chi connectivity index (χ3n) is 5.78. The molecule has 0 bridgehead atoms. The van der Waals surface area contributed by atoms with Gasteiger partial charge in [-0.15, -0.1) is 0 Å². The number of para-hydroxylation sites is 1. The van der Waals surface area contributed by atoms with Crippen molar-refractivity contribution in [2.24, 2.45) is 0 Å². The van der Waals surface area contributed by atoms with E-state index in [1.807, 2.05) is 18.3 Å². The van der Waals surface area contributed by atoms with Gasteiger partial charge in [-0.2, -0.15) is 0 Å². The maximum Gasteiger partial charge on any atom is 0.237 e. The highest BCUT2D eigenvalue weighted by atomic mass is 16.3. The van der Waals surface area contributed by atoms with Crippen molar-refractivity contribution >= 4 is 17.4 Å². The van der Waals surface area contributed by atoms with E-state index in [2.05, 4.69) is 56.6 Å². The Morgan fingerprint density at radius 2 is 1.93 bits per heavy atom. The molecule has 2 aromatic rings. The van der Waals surface area contributed by atoms with Crippen molar-refractivity contribution in [2.45, 2.75) is 32.0 Å². The number of piperazine rings is 1. The standard InChI is InChI=1S/C22H29N5O2/c1-16-5-2-3-7-20(16)26-9-11-27(12-10-26)21-17(6-4-8-23-21)14-25-22(29)19-13-18(28)15-24-19/h2-8,18-19,24,28H,9-15H2,1H3,(H,25,29)/t18-,19+/m1/s1. The Morgan fingerprint density at radius 3 is 2.66 bits per heavy atom. The number of carbonyl (C=O) groups excluding carboxylic acids is 1.